The van der Waals surface area contributed by atoms with Crippen molar-refractivity contribution in [1.29, 1.82) is 0 Å². The monoisotopic (exact) mass is 515 g/mol. The molecule has 1 aliphatic carbocycles. The van der Waals surface area contributed by atoms with Crippen molar-refractivity contribution in [2.75, 3.05) is 13.2 Å². The van der Waals surface area contributed by atoms with Gasteiger partial charge in [0.25, 0.3) is 0 Å². The fourth-order valence-electron chi connectivity index (χ4n) is 7.03. The summed E-state index contributed by atoms with van der Waals surface area (Å²) in [5, 5.41) is 12.2. The maximum Gasteiger partial charge on any atom is 0.233 e. The number of amides is 2. The molecule has 2 saturated heterocycles. The average molecular weight is 516 g/mol. The van der Waals surface area contributed by atoms with Gasteiger partial charge in [-0.3, -0.25) is 14.5 Å². The summed E-state index contributed by atoms with van der Waals surface area (Å²) in [5.41, 5.74) is 5.15. The van der Waals surface area contributed by atoms with Gasteiger partial charge in [0.15, 0.2) is 0 Å². The summed E-state index contributed by atoms with van der Waals surface area (Å²) >= 11 is 0. The van der Waals surface area contributed by atoms with Crippen LogP contribution in [0.5, 0.6) is 5.75 Å². The van der Waals surface area contributed by atoms with Gasteiger partial charge in [0.1, 0.15) is 5.75 Å². The molecule has 0 saturated carbocycles. The summed E-state index contributed by atoms with van der Waals surface area (Å²) in [6, 6.07) is 11.8. The lowest BCUT2D eigenvalue weighted by Crippen LogP contribution is -2.35. The Bertz CT molecular complexity index is 1290. The quantitative estimate of drug-likeness (QED) is 0.292. The van der Waals surface area contributed by atoms with Crippen molar-refractivity contribution in [2.45, 2.75) is 72.3 Å². The van der Waals surface area contributed by atoms with E-state index in [9.17, 15) is 14.7 Å². The third-order valence-corrected chi connectivity index (χ3v) is 8.77. The predicted molar refractivity (Wildman–Crippen MR) is 151 cm³/mol. The zero-order valence-electron chi connectivity index (χ0n) is 23.2. The molecule has 3 aliphatic rings. The van der Waals surface area contributed by atoms with E-state index in [1.54, 1.807) is 6.07 Å². The molecule has 4 atom stereocenters. The molecule has 2 fully saturated rings. The van der Waals surface area contributed by atoms with E-state index in [0.717, 1.165) is 48.4 Å². The van der Waals surface area contributed by atoms with Gasteiger partial charge in [-0.2, -0.15) is 0 Å². The molecule has 2 aromatic carbocycles. The molecular weight excluding hydrogens is 474 g/mol. The number of rotatable bonds is 9. The Morgan fingerprint density at radius 2 is 1.79 bits per heavy atom. The van der Waals surface area contributed by atoms with Gasteiger partial charge in [0.2, 0.25) is 11.8 Å². The van der Waals surface area contributed by atoms with Crippen LogP contribution in [0, 0.1) is 23.7 Å². The highest BCUT2D eigenvalue weighted by molar-refractivity contribution is 6.06. The van der Waals surface area contributed by atoms with Crippen LogP contribution in [0.2, 0.25) is 0 Å². The van der Waals surface area contributed by atoms with E-state index >= 15 is 0 Å². The Hall–Kier alpha value is -2.92. The molecule has 5 heteroatoms. The number of hydrogen-bond donors (Lipinski definition) is 1. The molecule has 0 unspecified atom stereocenters. The number of likely N-dealkylation sites (tertiary alicyclic amines) is 1. The number of carbonyl (C=O) groups is 2. The molecule has 0 radical (unpaired) electrons. The van der Waals surface area contributed by atoms with E-state index in [1.165, 1.54) is 21.6 Å². The number of allylic oxidation sites excluding steroid dienone is 2. The molecule has 2 aromatic rings. The van der Waals surface area contributed by atoms with Gasteiger partial charge >= 0.3 is 0 Å². The number of imide groups is 1. The van der Waals surface area contributed by atoms with E-state index in [4.69, 9.17) is 4.74 Å². The summed E-state index contributed by atoms with van der Waals surface area (Å²) in [5.74, 6) is 0.218. The SMILES string of the molecule is CCC/C(=C\c1ccc(O)c2ccccc12)CC[C@H]1OC[C@H]2C1=C(C(C)C)C[C@H]1C(=O)N(CCC)C(=O)[C@H]12. The highest BCUT2D eigenvalue weighted by atomic mass is 16.5. The normalized spacial score (nSPS) is 25.6. The smallest absolute Gasteiger partial charge is 0.233 e. The van der Waals surface area contributed by atoms with Crippen LogP contribution in [0.3, 0.4) is 0 Å². The van der Waals surface area contributed by atoms with E-state index < -0.39 is 0 Å². The molecule has 0 bridgehead atoms. The molecule has 2 aliphatic heterocycles. The fourth-order valence-corrected chi connectivity index (χ4v) is 7.03. The minimum Gasteiger partial charge on any atom is -0.507 e. The molecule has 5 rings (SSSR count). The van der Waals surface area contributed by atoms with Crippen molar-refractivity contribution in [3.05, 3.63) is 58.7 Å². The molecule has 2 heterocycles. The first-order valence-electron chi connectivity index (χ1n) is 14.4. The number of benzene rings is 2. The minimum absolute atomic E-state index is 0.00158. The maximum absolute atomic E-state index is 13.4. The van der Waals surface area contributed by atoms with Crippen LogP contribution in [-0.2, 0) is 14.3 Å². The van der Waals surface area contributed by atoms with Crippen LogP contribution in [0.4, 0.5) is 0 Å². The number of fused-ring (bicyclic) bond motifs is 4. The number of ether oxygens (including phenoxy) is 1. The lowest BCUT2D eigenvalue weighted by molar-refractivity contribution is -0.140. The fraction of sp³-hybridized carbons (Fsp3) is 0.515. The standard InChI is InChI=1S/C33H41NO4/c1-5-9-21(17-22-13-14-28(35)24-11-8-7-10-23(22)24)12-15-29-30-25(20(3)4)18-26-31(27(30)19-38-29)33(37)34(16-6-2)32(26)36/h7-8,10-11,13-14,17,20,26-27,29,31,35H,5-6,9,12,15-16,18-19H2,1-4H3/b21-17+/t26-,27+,29-,31-/m1/s1. The number of aromatic hydroxyl groups is 1. The largest absolute Gasteiger partial charge is 0.507 e. The minimum atomic E-state index is -0.259. The van der Waals surface area contributed by atoms with Crippen LogP contribution in [0.15, 0.2) is 53.1 Å². The first-order valence-corrected chi connectivity index (χ1v) is 14.4. The molecule has 38 heavy (non-hydrogen) atoms. The molecule has 2 amide bonds. The first kappa shape index (κ1) is 26.7. The van der Waals surface area contributed by atoms with Gasteiger partial charge in [0, 0.05) is 17.8 Å². The molecule has 0 spiro atoms. The lowest BCUT2D eigenvalue weighted by atomic mass is 9.67. The van der Waals surface area contributed by atoms with Crippen molar-refractivity contribution in [3.63, 3.8) is 0 Å². The van der Waals surface area contributed by atoms with Gasteiger partial charge in [-0.1, -0.05) is 81.7 Å². The van der Waals surface area contributed by atoms with Crippen molar-refractivity contribution in [2.24, 2.45) is 23.7 Å². The zero-order valence-corrected chi connectivity index (χ0v) is 23.2. The zero-order chi connectivity index (χ0) is 27.0. The van der Waals surface area contributed by atoms with Crippen LogP contribution >= 0.6 is 0 Å². The lowest BCUT2D eigenvalue weighted by Gasteiger charge is -2.33. The molecule has 1 N–H and O–H groups in total. The third-order valence-electron chi connectivity index (χ3n) is 8.77. The van der Waals surface area contributed by atoms with Crippen LogP contribution in [-0.4, -0.2) is 41.1 Å². The number of carbonyl (C=O) groups excluding carboxylic acids is 2. The second-order valence-electron chi connectivity index (χ2n) is 11.5. The van der Waals surface area contributed by atoms with Gasteiger partial charge in [-0.05, 0) is 60.6 Å². The van der Waals surface area contributed by atoms with E-state index in [-0.39, 0.29) is 35.7 Å². The summed E-state index contributed by atoms with van der Waals surface area (Å²) in [4.78, 5) is 28.0. The first-order chi connectivity index (χ1) is 18.3. The Kier molecular flexibility index (Phi) is 7.76. The number of phenols is 1. The topological polar surface area (TPSA) is 66.8 Å². The number of nitrogens with zero attached hydrogens (tertiary/aromatic N) is 1. The third kappa shape index (κ3) is 4.70. The van der Waals surface area contributed by atoms with E-state index in [0.29, 0.717) is 31.2 Å². The van der Waals surface area contributed by atoms with Crippen molar-refractivity contribution in [3.8, 4) is 5.75 Å². The van der Waals surface area contributed by atoms with Crippen LogP contribution in [0.1, 0.15) is 71.8 Å². The highest BCUT2D eigenvalue weighted by Gasteiger charge is 2.56. The molecule has 0 aromatic heterocycles. The Morgan fingerprint density at radius 3 is 2.50 bits per heavy atom. The number of phenolic OH excluding ortho intramolecular Hbond substituents is 1. The van der Waals surface area contributed by atoms with Gasteiger partial charge in [0.05, 0.1) is 24.5 Å². The predicted octanol–water partition coefficient (Wildman–Crippen LogP) is 6.89. The second kappa shape index (κ2) is 11.1. The van der Waals surface area contributed by atoms with E-state index in [2.05, 4.69) is 32.9 Å². The maximum atomic E-state index is 13.4. The Morgan fingerprint density at radius 1 is 1.03 bits per heavy atom. The van der Waals surface area contributed by atoms with Crippen LogP contribution < -0.4 is 0 Å². The molecule has 202 valence electrons. The number of hydrogen-bond acceptors (Lipinski definition) is 4. The van der Waals surface area contributed by atoms with E-state index in [1.807, 2.05) is 31.2 Å². The van der Waals surface area contributed by atoms with Gasteiger partial charge in [-0.15, -0.1) is 0 Å². The van der Waals surface area contributed by atoms with Gasteiger partial charge in [-0.25, -0.2) is 0 Å². The van der Waals surface area contributed by atoms with Gasteiger partial charge < -0.3 is 9.84 Å². The Labute approximate surface area is 226 Å². The van der Waals surface area contributed by atoms with Crippen molar-refractivity contribution < 1.29 is 19.4 Å². The highest BCUT2D eigenvalue weighted by Crippen LogP contribution is 2.51. The average Bonchev–Trinajstić information content (AvgIpc) is 3.43. The van der Waals surface area contributed by atoms with Crippen molar-refractivity contribution in [1.82, 2.24) is 4.90 Å². The second-order valence-corrected chi connectivity index (χ2v) is 11.5. The molecule has 5 nitrogen and oxygen atoms in total. The summed E-state index contributed by atoms with van der Waals surface area (Å²) in [6.45, 7) is 9.69. The van der Waals surface area contributed by atoms with Crippen molar-refractivity contribution >= 4 is 28.7 Å². The van der Waals surface area contributed by atoms with Crippen LogP contribution in [0.25, 0.3) is 16.8 Å². The molecular formula is C33H41NO4. The summed E-state index contributed by atoms with van der Waals surface area (Å²) < 4.78 is 6.43. The summed E-state index contributed by atoms with van der Waals surface area (Å²) in [6.07, 6.45) is 7.62. The Balaban J connectivity index is 1.41. The summed E-state index contributed by atoms with van der Waals surface area (Å²) in [7, 11) is 0.